The summed E-state index contributed by atoms with van der Waals surface area (Å²) in [5, 5.41) is 9.94. The lowest BCUT2D eigenvalue weighted by atomic mass is 10.1. The van der Waals surface area contributed by atoms with Crippen LogP contribution in [0.2, 0.25) is 15.1 Å². The van der Waals surface area contributed by atoms with Crippen LogP contribution < -0.4 is 10.6 Å². The molecule has 0 saturated heterocycles. The van der Waals surface area contributed by atoms with E-state index in [9.17, 15) is 4.79 Å². The van der Waals surface area contributed by atoms with Gasteiger partial charge in [-0.1, -0.05) is 47.5 Å². The third-order valence-corrected chi connectivity index (χ3v) is 6.39. The number of halogens is 3. The Morgan fingerprint density at radius 1 is 1.00 bits per heavy atom. The van der Waals surface area contributed by atoms with Crippen LogP contribution in [0.4, 0.5) is 16.2 Å². The zero-order valence-electron chi connectivity index (χ0n) is 19.7. The number of ether oxygens (including phenoxy) is 1. The first-order valence-electron chi connectivity index (χ1n) is 11.1. The molecule has 1 heterocycles. The lowest BCUT2D eigenvalue weighted by Gasteiger charge is -2.20. The van der Waals surface area contributed by atoms with E-state index >= 15 is 0 Å². The number of hydrogen-bond acceptors (Lipinski definition) is 3. The summed E-state index contributed by atoms with van der Waals surface area (Å²) in [6.45, 7) is 10.4. The van der Waals surface area contributed by atoms with Crippen LogP contribution in [0.5, 0.6) is 0 Å². The van der Waals surface area contributed by atoms with Gasteiger partial charge in [0.1, 0.15) is 5.60 Å². The van der Waals surface area contributed by atoms with Crippen molar-refractivity contribution < 1.29 is 9.53 Å². The Balaban J connectivity index is 1.75. The molecule has 0 unspecified atom stereocenters. The van der Waals surface area contributed by atoms with E-state index in [1.165, 1.54) is 0 Å². The number of nitrogens with zero attached hydrogens (tertiary/aromatic N) is 1. The second-order valence-electron chi connectivity index (χ2n) is 9.16. The summed E-state index contributed by atoms with van der Waals surface area (Å²) < 4.78 is 7.52. The van der Waals surface area contributed by atoms with E-state index in [-0.39, 0.29) is 0 Å². The van der Waals surface area contributed by atoms with Gasteiger partial charge in [0.15, 0.2) is 0 Å². The molecule has 182 valence electrons. The van der Waals surface area contributed by atoms with E-state index in [1.807, 2.05) is 45.0 Å². The van der Waals surface area contributed by atoms with Crippen LogP contribution in [0.3, 0.4) is 0 Å². The van der Waals surface area contributed by atoms with Gasteiger partial charge in [0, 0.05) is 45.8 Å². The number of carbonyl (C=O) groups is 1. The molecule has 8 heteroatoms. The molecule has 0 radical (unpaired) electrons. The van der Waals surface area contributed by atoms with Crippen molar-refractivity contribution in [1.29, 1.82) is 0 Å². The number of amides is 1. The number of rotatable bonds is 6. The maximum Gasteiger partial charge on any atom is 0.407 e. The molecule has 0 aliphatic heterocycles. The summed E-state index contributed by atoms with van der Waals surface area (Å²) in [5.41, 5.74) is 4.04. The molecular formula is C27H26Cl3N3O2. The summed E-state index contributed by atoms with van der Waals surface area (Å²) in [5.74, 6) is 0. The van der Waals surface area contributed by atoms with Gasteiger partial charge in [0.2, 0.25) is 0 Å². The van der Waals surface area contributed by atoms with Gasteiger partial charge in [-0.15, -0.1) is 0 Å². The zero-order valence-corrected chi connectivity index (χ0v) is 22.0. The van der Waals surface area contributed by atoms with Gasteiger partial charge in [-0.25, -0.2) is 4.79 Å². The maximum atomic E-state index is 12.1. The summed E-state index contributed by atoms with van der Waals surface area (Å²) in [7, 11) is 0. The van der Waals surface area contributed by atoms with Crippen molar-refractivity contribution in [2.45, 2.75) is 32.9 Å². The van der Waals surface area contributed by atoms with E-state index in [1.54, 1.807) is 18.2 Å². The molecule has 2 N–H and O–H groups in total. The van der Waals surface area contributed by atoms with Crippen LogP contribution in [-0.4, -0.2) is 22.8 Å². The van der Waals surface area contributed by atoms with Crippen LogP contribution in [0.25, 0.3) is 27.9 Å². The predicted octanol–water partition coefficient (Wildman–Crippen LogP) is 8.67. The molecule has 1 amide bonds. The minimum atomic E-state index is -0.556. The molecule has 0 saturated carbocycles. The van der Waals surface area contributed by atoms with Gasteiger partial charge >= 0.3 is 6.09 Å². The Hall–Kier alpha value is -2.86. The van der Waals surface area contributed by atoms with Crippen molar-refractivity contribution in [2.75, 3.05) is 11.9 Å². The average Bonchev–Trinajstić information content (AvgIpc) is 3.06. The summed E-state index contributed by atoms with van der Waals surface area (Å²) in [6.07, 6.45) is 1.36. The molecule has 0 aliphatic rings. The smallest absolute Gasteiger partial charge is 0.407 e. The maximum absolute atomic E-state index is 12.1. The van der Waals surface area contributed by atoms with Gasteiger partial charge in [-0.3, -0.25) is 0 Å². The topological polar surface area (TPSA) is 55.3 Å². The molecule has 0 fully saturated rings. The molecule has 0 aliphatic carbocycles. The van der Waals surface area contributed by atoms with Gasteiger partial charge in [0.25, 0.3) is 0 Å². The van der Waals surface area contributed by atoms with E-state index in [2.05, 4.69) is 33.9 Å². The second-order valence-corrected chi connectivity index (χ2v) is 10.4. The first-order chi connectivity index (χ1) is 16.6. The molecule has 0 spiro atoms. The van der Waals surface area contributed by atoms with Gasteiger partial charge in [-0.2, -0.15) is 0 Å². The Morgan fingerprint density at radius 3 is 2.43 bits per heavy atom. The third kappa shape index (κ3) is 5.69. The number of anilines is 2. The van der Waals surface area contributed by atoms with Crippen molar-refractivity contribution in [3.05, 3.63) is 75.7 Å². The monoisotopic (exact) mass is 529 g/mol. The van der Waals surface area contributed by atoms with Crippen molar-refractivity contribution >= 4 is 80.2 Å². The highest BCUT2D eigenvalue weighted by Crippen LogP contribution is 2.36. The number of fused-ring (bicyclic) bond motifs is 3. The third-order valence-electron chi connectivity index (χ3n) is 5.42. The molecule has 1 aromatic heterocycles. The van der Waals surface area contributed by atoms with Crippen molar-refractivity contribution in [1.82, 2.24) is 9.88 Å². The first-order valence-corrected chi connectivity index (χ1v) is 12.3. The van der Waals surface area contributed by atoms with Crippen LogP contribution in [0.1, 0.15) is 26.3 Å². The van der Waals surface area contributed by atoms with Crippen molar-refractivity contribution in [3.63, 3.8) is 0 Å². The van der Waals surface area contributed by atoms with E-state index in [0.29, 0.717) is 28.2 Å². The van der Waals surface area contributed by atoms with Crippen molar-refractivity contribution in [3.8, 4) is 0 Å². The fraction of sp³-hybridized carbons (Fsp3) is 0.222. The molecule has 4 aromatic rings. The number of carbonyl (C=O) groups excluding carboxylic acids is 1. The molecule has 4 rings (SSSR count). The molecule has 35 heavy (non-hydrogen) atoms. The molecule has 3 aromatic carbocycles. The van der Waals surface area contributed by atoms with E-state index in [4.69, 9.17) is 39.5 Å². The molecular weight excluding hydrogens is 505 g/mol. The first kappa shape index (κ1) is 25.2. The number of aromatic nitrogens is 1. The minimum absolute atomic E-state index is 0.398. The molecule has 5 nitrogen and oxygen atoms in total. The normalized spacial score (nSPS) is 11.6. The predicted molar refractivity (Wildman–Crippen MR) is 149 cm³/mol. The van der Waals surface area contributed by atoms with E-state index in [0.717, 1.165) is 38.7 Å². The number of hydrogen-bond donors (Lipinski definition) is 2. The van der Waals surface area contributed by atoms with Gasteiger partial charge in [-0.05, 0) is 74.9 Å². The lowest BCUT2D eigenvalue weighted by molar-refractivity contribution is 0.0526. The highest BCUT2D eigenvalue weighted by atomic mass is 35.5. The number of nitrogens with one attached hydrogen (secondary N) is 2. The standard InChI is InChI=1S/C27H26Cl3N3O2/c1-5-16-12-19-20-13-17(28)6-9-24(20)33(11-10-31-26(34)35-27(2,3)4)25(19)15-23(16)32-18-7-8-21(29)22(30)14-18/h5-9,12-15,32H,1,10-11H2,2-4H3,(H,31,34). The zero-order chi connectivity index (χ0) is 25.3. The quantitative estimate of drug-likeness (QED) is 0.262. The van der Waals surface area contributed by atoms with Crippen molar-refractivity contribution in [2.24, 2.45) is 0 Å². The Bertz CT molecular complexity index is 1440. The Morgan fingerprint density at radius 2 is 1.74 bits per heavy atom. The van der Waals surface area contributed by atoms with Crippen LogP contribution >= 0.6 is 34.8 Å². The second kappa shape index (κ2) is 10.0. The highest BCUT2D eigenvalue weighted by Gasteiger charge is 2.17. The largest absolute Gasteiger partial charge is 0.444 e. The fourth-order valence-electron chi connectivity index (χ4n) is 3.96. The SMILES string of the molecule is C=Cc1cc2c3cc(Cl)ccc3n(CCNC(=O)OC(C)(C)C)c2cc1Nc1ccc(Cl)c(Cl)c1. The molecule has 0 atom stereocenters. The van der Waals surface area contributed by atoms with Gasteiger partial charge in [0.05, 0.1) is 15.6 Å². The summed E-state index contributed by atoms with van der Waals surface area (Å²) >= 11 is 18.6. The fourth-order valence-corrected chi connectivity index (χ4v) is 4.43. The number of alkyl carbamates (subject to hydrolysis) is 1. The minimum Gasteiger partial charge on any atom is -0.444 e. The lowest BCUT2D eigenvalue weighted by Crippen LogP contribution is -2.34. The van der Waals surface area contributed by atoms with Crippen LogP contribution in [0, 0.1) is 0 Å². The average molecular weight is 531 g/mol. The Labute approximate surface area is 219 Å². The van der Waals surface area contributed by atoms with Crippen LogP contribution in [-0.2, 0) is 11.3 Å². The van der Waals surface area contributed by atoms with E-state index < -0.39 is 11.7 Å². The highest BCUT2D eigenvalue weighted by molar-refractivity contribution is 6.42. The summed E-state index contributed by atoms with van der Waals surface area (Å²) in [6, 6.07) is 15.4. The molecule has 0 bridgehead atoms. The number of benzene rings is 3. The van der Waals surface area contributed by atoms with Crippen LogP contribution in [0.15, 0.2) is 55.1 Å². The Kier molecular flexibility index (Phi) is 7.22. The van der Waals surface area contributed by atoms with Gasteiger partial charge < -0.3 is 19.9 Å². The summed E-state index contributed by atoms with van der Waals surface area (Å²) in [4.78, 5) is 12.1.